The Morgan fingerprint density at radius 3 is 2.11 bits per heavy atom. The van der Waals surface area contributed by atoms with Crippen molar-refractivity contribution >= 4 is 31.9 Å². The fraction of sp³-hybridized carbons (Fsp3) is 0.538. The molecular formula is C13H15Br2F3. The van der Waals surface area contributed by atoms with Crippen molar-refractivity contribution < 1.29 is 13.2 Å². The van der Waals surface area contributed by atoms with Gasteiger partial charge in [-0.3, -0.25) is 0 Å². The molecule has 102 valence electrons. The van der Waals surface area contributed by atoms with Crippen LogP contribution in [0.25, 0.3) is 0 Å². The minimum absolute atomic E-state index is 0.0577. The number of halogens is 5. The van der Waals surface area contributed by atoms with Crippen LogP contribution in [0.15, 0.2) is 22.7 Å². The molecule has 0 heterocycles. The Kier molecular flexibility index (Phi) is 4.93. The van der Waals surface area contributed by atoms with Gasteiger partial charge in [0, 0.05) is 9.30 Å². The van der Waals surface area contributed by atoms with Gasteiger partial charge in [0.15, 0.2) is 0 Å². The van der Waals surface area contributed by atoms with E-state index in [2.05, 4.69) is 52.6 Å². The lowest BCUT2D eigenvalue weighted by Gasteiger charge is -2.26. The molecule has 0 bridgehead atoms. The van der Waals surface area contributed by atoms with Gasteiger partial charge >= 0.3 is 6.18 Å². The van der Waals surface area contributed by atoms with E-state index in [4.69, 9.17) is 0 Å². The van der Waals surface area contributed by atoms with Crippen LogP contribution < -0.4 is 0 Å². The fourth-order valence-electron chi connectivity index (χ4n) is 1.39. The van der Waals surface area contributed by atoms with Crippen molar-refractivity contribution in [3.8, 4) is 0 Å². The summed E-state index contributed by atoms with van der Waals surface area (Å²) in [5.41, 5.74) is 0.307. The number of benzene rings is 1. The topological polar surface area (TPSA) is 0 Å². The van der Waals surface area contributed by atoms with E-state index in [0.29, 0.717) is 10.9 Å². The number of hydrogen-bond donors (Lipinski definition) is 0. The normalized spacial score (nSPS) is 14.7. The summed E-state index contributed by atoms with van der Waals surface area (Å²) in [5.74, 6) is 0. The third kappa shape index (κ3) is 4.26. The first-order valence-corrected chi connectivity index (χ1v) is 7.22. The van der Waals surface area contributed by atoms with E-state index in [1.54, 1.807) is 0 Å². The molecule has 0 aliphatic rings. The molecule has 0 radical (unpaired) electrons. The molecular weight excluding hydrogens is 373 g/mol. The third-order valence-corrected chi connectivity index (χ3v) is 5.15. The lowest BCUT2D eigenvalue weighted by Crippen LogP contribution is -2.22. The molecule has 0 aliphatic carbocycles. The smallest absolute Gasteiger partial charge is 0.166 e. The van der Waals surface area contributed by atoms with Crippen LogP contribution in [0.1, 0.15) is 31.9 Å². The van der Waals surface area contributed by atoms with Gasteiger partial charge in [-0.1, -0.05) is 58.7 Å². The van der Waals surface area contributed by atoms with Gasteiger partial charge < -0.3 is 0 Å². The largest absolute Gasteiger partial charge is 0.416 e. The minimum Gasteiger partial charge on any atom is -0.166 e. The van der Waals surface area contributed by atoms with Crippen molar-refractivity contribution in [2.24, 2.45) is 5.41 Å². The van der Waals surface area contributed by atoms with Crippen LogP contribution in [0.3, 0.4) is 0 Å². The van der Waals surface area contributed by atoms with Gasteiger partial charge in [0.25, 0.3) is 0 Å². The second-order valence-electron chi connectivity index (χ2n) is 5.34. The molecule has 0 fully saturated rings. The highest BCUT2D eigenvalue weighted by molar-refractivity contribution is 9.10. The van der Waals surface area contributed by atoms with Crippen LogP contribution >= 0.6 is 31.9 Å². The summed E-state index contributed by atoms with van der Waals surface area (Å²) < 4.78 is 38.1. The monoisotopic (exact) mass is 386 g/mol. The quantitative estimate of drug-likeness (QED) is 0.561. The Morgan fingerprint density at radius 2 is 1.72 bits per heavy atom. The molecule has 0 saturated heterocycles. The van der Waals surface area contributed by atoms with Crippen molar-refractivity contribution in [2.45, 2.75) is 38.2 Å². The van der Waals surface area contributed by atoms with Crippen molar-refractivity contribution in [3.05, 3.63) is 33.8 Å². The van der Waals surface area contributed by atoms with E-state index in [1.807, 2.05) is 0 Å². The lowest BCUT2D eigenvalue weighted by atomic mass is 9.88. The van der Waals surface area contributed by atoms with E-state index >= 15 is 0 Å². The van der Waals surface area contributed by atoms with Crippen molar-refractivity contribution in [1.29, 1.82) is 0 Å². The molecule has 0 nitrogen and oxygen atoms in total. The predicted molar refractivity (Wildman–Crippen MR) is 75.0 cm³/mol. The standard InChI is InChI=1S/C13H15Br2F3/c1-12(2,3)11(15)6-8-4-5-9(7-10(8)14)13(16,17)18/h4-5,7,11H,6H2,1-3H3. The van der Waals surface area contributed by atoms with Gasteiger partial charge in [0.2, 0.25) is 0 Å². The molecule has 1 aromatic rings. The van der Waals surface area contributed by atoms with Crippen LogP contribution in [-0.4, -0.2) is 4.83 Å². The van der Waals surface area contributed by atoms with Crippen LogP contribution in [0.4, 0.5) is 13.2 Å². The molecule has 0 aromatic heterocycles. The summed E-state index contributed by atoms with van der Waals surface area (Å²) in [6, 6.07) is 3.80. The van der Waals surface area contributed by atoms with Gasteiger partial charge in [0.05, 0.1) is 5.56 Å². The molecule has 1 atom stereocenters. The van der Waals surface area contributed by atoms with Crippen LogP contribution in [-0.2, 0) is 12.6 Å². The first kappa shape index (κ1) is 16.0. The van der Waals surface area contributed by atoms with E-state index in [9.17, 15) is 13.2 Å². The summed E-state index contributed by atoms with van der Waals surface area (Å²) in [6.45, 7) is 6.26. The van der Waals surface area contributed by atoms with Crippen molar-refractivity contribution in [3.63, 3.8) is 0 Å². The first-order valence-electron chi connectivity index (χ1n) is 5.51. The Hall–Kier alpha value is -0.0300. The van der Waals surface area contributed by atoms with Gasteiger partial charge in [0.1, 0.15) is 0 Å². The maximum atomic E-state index is 12.5. The Labute approximate surface area is 122 Å². The number of rotatable bonds is 2. The Morgan fingerprint density at radius 1 is 1.17 bits per heavy atom. The summed E-state index contributed by atoms with van der Waals surface area (Å²) in [5, 5.41) is 0. The van der Waals surface area contributed by atoms with Crippen molar-refractivity contribution in [1.82, 2.24) is 0 Å². The molecule has 0 amide bonds. The van der Waals surface area contributed by atoms with Crippen LogP contribution in [0.2, 0.25) is 0 Å². The predicted octanol–water partition coefficient (Wildman–Crippen LogP) is 5.82. The van der Waals surface area contributed by atoms with Gasteiger partial charge in [-0.15, -0.1) is 0 Å². The zero-order chi connectivity index (χ0) is 14.1. The highest BCUT2D eigenvalue weighted by atomic mass is 79.9. The van der Waals surface area contributed by atoms with Gasteiger partial charge in [-0.2, -0.15) is 13.2 Å². The molecule has 1 aromatic carbocycles. The SMILES string of the molecule is CC(C)(C)C(Br)Cc1ccc(C(F)(F)F)cc1Br. The number of hydrogen-bond acceptors (Lipinski definition) is 0. The lowest BCUT2D eigenvalue weighted by molar-refractivity contribution is -0.137. The maximum Gasteiger partial charge on any atom is 0.416 e. The van der Waals surface area contributed by atoms with Crippen molar-refractivity contribution in [2.75, 3.05) is 0 Å². The van der Waals surface area contributed by atoms with Crippen LogP contribution in [0.5, 0.6) is 0 Å². The molecule has 0 aliphatic heterocycles. The highest BCUT2D eigenvalue weighted by Crippen LogP contribution is 2.35. The zero-order valence-electron chi connectivity index (χ0n) is 10.4. The molecule has 0 saturated carbocycles. The van der Waals surface area contributed by atoms with Crippen LogP contribution in [0, 0.1) is 5.41 Å². The van der Waals surface area contributed by atoms with E-state index in [-0.39, 0.29) is 10.2 Å². The Bertz CT molecular complexity index is 419. The zero-order valence-corrected chi connectivity index (χ0v) is 13.6. The molecule has 1 rings (SSSR count). The minimum atomic E-state index is -4.29. The summed E-state index contributed by atoms with van der Waals surface area (Å²) >= 11 is 6.80. The van der Waals surface area contributed by atoms with E-state index in [0.717, 1.165) is 17.7 Å². The summed E-state index contributed by atoms with van der Waals surface area (Å²) in [7, 11) is 0. The molecule has 18 heavy (non-hydrogen) atoms. The second-order valence-corrected chi connectivity index (χ2v) is 7.30. The average Bonchev–Trinajstić information content (AvgIpc) is 2.17. The number of alkyl halides is 4. The Balaban J connectivity index is 2.94. The summed E-state index contributed by atoms with van der Waals surface area (Å²) in [6.07, 6.45) is -3.61. The second kappa shape index (κ2) is 5.53. The van der Waals surface area contributed by atoms with E-state index < -0.39 is 11.7 Å². The molecule has 1 unspecified atom stereocenters. The fourth-order valence-corrected chi connectivity index (χ4v) is 2.28. The maximum absolute atomic E-state index is 12.5. The third-order valence-electron chi connectivity index (χ3n) is 2.72. The first-order chi connectivity index (χ1) is 8.01. The molecule has 0 spiro atoms. The summed E-state index contributed by atoms with van der Waals surface area (Å²) in [4.78, 5) is 0.207. The van der Waals surface area contributed by atoms with Gasteiger partial charge in [-0.25, -0.2) is 0 Å². The molecule has 0 N–H and O–H groups in total. The average molecular weight is 388 g/mol. The molecule has 5 heteroatoms. The van der Waals surface area contributed by atoms with E-state index in [1.165, 1.54) is 6.07 Å². The van der Waals surface area contributed by atoms with Gasteiger partial charge in [-0.05, 0) is 29.5 Å². The highest BCUT2D eigenvalue weighted by Gasteiger charge is 2.31.